The Bertz CT molecular complexity index is 1890. The fraction of sp³-hybridized carbons (Fsp3) is 0.258. The van der Waals surface area contributed by atoms with Crippen LogP contribution in [-0.2, 0) is 5.41 Å². The van der Waals surface area contributed by atoms with Gasteiger partial charge in [0, 0.05) is 30.2 Å². The molecule has 1 aliphatic carbocycles. The first-order valence-electron chi connectivity index (χ1n) is 13.7. The Morgan fingerprint density at radius 2 is 1.77 bits per heavy atom. The lowest BCUT2D eigenvalue weighted by Gasteiger charge is -2.14. The summed E-state index contributed by atoms with van der Waals surface area (Å²) in [6.45, 7) is 0.304. The van der Waals surface area contributed by atoms with E-state index in [0.717, 1.165) is 0 Å². The van der Waals surface area contributed by atoms with E-state index in [1.54, 1.807) is 31.2 Å². The van der Waals surface area contributed by atoms with Crippen molar-refractivity contribution in [2.75, 3.05) is 18.9 Å². The van der Waals surface area contributed by atoms with Gasteiger partial charge in [0.25, 0.3) is 5.91 Å². The number of anilines is 1. The van der Waals surface area contributed by atoms with Crippen LogP contribution in [-0.4, -0.2) is 46.6 Å². The third-order valence-electron chi connectivity index (χ3n) is 7.53. The van der Waals surface area contributed by atoms with E-state index >= 15 is 0 Å². The van der Waals surface area contributed by atoms with Crippen molar-refractivity contribution < 1.29 is 36.1 Å². The second kappa shape index (κ2) is 10.9. The van der Waals surface area contributed by atoms with Crippen molar-refractivity contribution in [3.8, 4) is 22.5 Å². The maximum Gasteiger partial charge on any atom is 0.405 e. The van der Waals surface area contributed by atoms with Crippen LogP contribution in [0.25, 0.3) is 33.6 Å². The van der Waals surface area contributed by atoms with Crippen LogP contribution in [0.1, 0.15) is 51.7 Å². The number of aryl methyl sites for hydroxylation is 1. The fourth-order valence-electron chi connectivity index (χ4n) is 5.12. The number of nitrogens with one attached hydrogen (secondary N) is 2. The third kappa shape index (κ3) is 5.64. The van der Waals surface area contributed by atoms with E-state index in [-0.39, 0.29) is 46.0 Å². The van der Waals surface area contributed by atoms with Crippen molar-refractivity contribution in [3.63, 3.8) is 0 Å². The second-order valence-electron chi connectivity index (χ2n) is 10.7. The Morgan fingerprint density at radius 3 is 2.41 bits per heavy atom. The quantitative estimate of drug-likeness (QED) is 0.141. The summed E-state index contributed by atoms with van der Waals surface area (Å²) in [5.41, 5.74) is 0.731. The summed E-state index contributed by atoms with van der Waals surface area (Å²) >= 11 is 0. The number of benzene rings is 2. The van der Waals surface area contributed by atoms with Gasteiger partial charge >= 0.3 is 6.18 Å². The van der Waals surface area contributed by atoms with Crippen LogP contribution in [0.5, 0.6) is 0 Å². The maximum absolute atomic E-state index is 13.6. The van der Waals surface area contributed by atoms with E-state index in [1.165, 1.54) is 37.4 Å². The molecular weight excluding hydrogens is 582 g/mol. The van der Waals surface area contributed by atoms with Gasteiger partial charge in [0.15, 0.2) is 11.6 Å². The fourth-order valence-corrected chi connectivity index (χ4v) is 5.12. The van der Waals surface area contributed by atoms with Gasteiger partial charge in [0.1, 0.15) is 23.9 Å². The normalized spacial score (nSPS) is 14.0. The molecule has 0 aliphatic heterocycles. The summed E-state index contributed by atoms with van der Waals surface area (Å²) in [7, 11) is 1.42. The number of halogens is 4. The first-order chi connectivity index (χ1) is 21.0. The third-order valence-corrected chi connectivity index (χ3v) is 7.53. The molecule has 9 nitrogen and oxygen atoms in total. The molecule has 0 saturated heterocycles. The zero-order valence-corrected chi connectivity index (χ0v) is 23.5. The number of furan rings is 1. The lowest BCUT2D eigenvalue weighted by Crippen LogP contribution is -2.22. The van der Waals surface area contributed by atoms with Crippen molar-refractivity contribution in [1.29, 1.82) is 0 Å². The summed E-state index contributed by atoms with van der Waals surface area (Å²) in [6, 6.07) is 13.2. The van der Waals surface area contributed by atoms with E-state index < -0.39 is 29.9 Å². The predicted octanol–water partition coefficient (Wildman–Crippen LogP) is 6.63. The van der Waals surface area contributed by atoms with E-state index in [4.69, 9.17) is 8.94 Å². The number of rotatable bonds is 9. The van der Waals surface area contributed by atoms with Crippen molar-refractivity contribution in [2.45, 2.75) is 37.8 Å². The molecule has 0 unspecified atom stereocenters. The molecule has 6 rings (SSSR count). The molecular formula is C31H25F4N5O4. The van der Waals surface area contributed by atoms with Crippen molar-refractivity contribution in [1.82, 2.24) is 20.4 Å². The number of carbonyl (C=O) groups is 2. The Kier molecular flexibility index (Phi) is 7.18. The second-order valence-corrected chi connectivity index (χ2v) is 10.7. The van der Waals surface area contributed by atoms with Gasteiger partial charge in [0.05, 0.1) is 16.4 Å². The molecule has 2 N–H and O–H groups in total. The number of aromatic nitrogens is 3. The van der Waals surface area contributed by atoms with Crippen LogP contribution in [0.3, 0.4) is 0 Å². The Morgan fingerprint density at radius 1 is 1.02 bits per heavy atom. The number of ketones is 1. The van der Waals surface area contributed by atoms with Gasteiger partial charge in [-0.2, -0.15) is 23.1 Å². The standard InChI is InChI=1S/C31H25F4N5O4/c1-16-38-29(44-40-16)30(10-11-30)14-23(41)19-5-3-4-18(12-19)21-13-22-24(27(42)36-2)25(17-6-8-20(32)9-7-17)43-28(22)39-26(21)37-15-31(33,34)35/h3-9,12-13H,10-11,14-15H2,1-2H3,(H,36,42)(H,37,39). The van der Waals surface area contributed by atoms with Crippen LogP contribution in [0, 0.1) is 12.7 Å². The molecule has 2 aromatic carbocycles. The first kappa shape index (κ1) is 29.0. The minimum absolute atomic E-state index is 0.0701. The molecule has 0 radical (unpaired) electrons. The number of hydrogen-bond acceptors (Lipinski definition) is 8. The largest absolute Gasteiger partial charge is 0.437 e. The Hall–Kier alpha value is -5.07. The van der Waals surface area contributed by atoms with Gasteiger partial charge in [-0.1, -0.05) is 23.4 Å². The number of amides is 1. The molecule has 1 fully saturated rings. The molecule has 1 aliphatic rings. The van der Waals surface area contributed by atoms with Crippen LogP contribution in [0.15, 0.2) is 63.5 Å². The van der Waals surface area contributed by atoms with Gasteiger partial charge in [-0.05, 0) is 61.7 Å². The molecule has 0 spiro atoms. The lowest BCUT2D eigenvalue weighted by atomic mass is 9.93. The molecule has 13 heteroatoms. The first-order valence-corrected chi connectivity index (χ1v) is 13.7. The summed E-state index contributed by atoms with van der Waals surface area (Å²) in [6.07, 6.45) is -3.01. The van der Waals surface area contributed by atoms with E-state index in [2.05, 4.69) is 25.8 Å². The number of hydrogen-bond donors (Lipinski definition) is 2. The van der Waals surface area contributed by atoms with E-state index in [0.29, 0.717) is 41.2 Å². The number of pyridine rings is 1. The minimum atomic E-state index is -4.56. The highest BCUT2D eigenvalue weighted by atomic mass is 19.4. The van der Waals surface area contributed by atoms with Crippen LogP contribution >= 0.6 is 0 Å². The molecule has 3 heterocycles. The Balaban J connectivity index is 1.44. The number of carbonyl (C=O) groups excluding carboxylic acids is 2. The van der Waals surface area contributed by atoms with Crippen LogP contribution < -0.4 is 10.6 Å². The predicted molar refractivity (Wildman–Crippen MR) is 152 cm³/mol. The number of fused-ring (bicyclic) bond motifs is 1. The summed E-state index contributed by atoms with van der Waals surface area (Å²) < 4.78 is 64.7. The zero-order valence-electron chi connectivity index (χ0n) is 23.5. The van der Waals surface area contributed by atoms with Crippen LogP contribution in [0.2, 0.25) is 0 Å². The Labute approximate surface area is 247 Å². The maximum atomic E-state index is 13.6. The highest BCUT2D eigenvalue weighted by Gasteiger charge is 2.50. The van der Waals surface area contributed by atoms with Crippen LogP contribution in [0.4, 0.5) is 23.4 Å². The van der Waals surface area contributed by atoms with Crippen molar-refractivity contribution >= 4 is 28.6 Å². The molecule has 1 amide bonds. The van der Waals surface area contributed by atoms with Gasteiger partial charge in [-0.25, -0.2) is 4.39 Å². The molecule has 3 aromatic heterocycles. The smallest absolute Gasteiger partial charge is 0.405 e. The van der Waals surface area contributed by atoms with E-state index in [1.807, 2.05) is 0 Å². The molecule has 0 atom stereocenters. The average molecular weight is 608 g/mol. The summed E-state index contributed by atoms with van der Waals surface area (Å²) in [5.74, 6) is -0.455. The molecule has 44 heavy (non-hydrogen) atoms. The zero-order chi connectivity index (χ0) is 31.2. The highest BCUT2D eigenvalue weighted by molar-refractivity contribution is 6.11. The molecule has 226 valence electrons. The van der Waals surface area contributed by atoms with Gasteiger partial charge in [-0.15, -0.1) is 0 Å². The average Bonchev–Trinajstić information content (AvgIpc) is 3.47. The number of alkyl halides is 3. The lowest BCUT2D eigenvalue weighted by molar-refractivity contribution is -0.115. The summed E-state index contributed by atoms with van der Waals surface area (Å²) in [5, 5.41) is 8.92. The summed E-state index contributed by atoms with van der Waals surface area (Å²) in [4.78, 5) is 35.1. The van der Waals surface area contributed by atoms with Gasteiger partial charge < -0.3 is 19.6 Å². The molecule has 0 bridgehead atoms. The van der Waals surface area contributed by atoms with Crippen molar-refractivity contribution in [2.24, 2.45) is 0 Å². The minimum Gasteiger partial charge on any atom is -0.437 e. The molecule has 5 aromatic rings. The monoisotopic (exact) mass is 607 g/mol. The van der Waals surface area contributed by atoms with E-state index in [9.17, 15) is 27.2 Å². The topological polar surface area (TPSA) is 123 Å². The van der Waals surface area contributed by atoms with Gasteiger partial charge in [-0.3, -0.25) is 9.59 Å². The van der Waals surface area contributed by atoms with Gasteiger partial charge in [0.2, 0.25) is 11.6 Å². The van der Waals surface area contributed by atoms with Crippen molar-refractivity contribution in [3.05, 3.63) is 83.3 Å². The SMILES string of the molecule is CNC(=O)c1c(-c2ccc(F)cc2)oc2nc(NCC(F)(F)F)c(-c3cccc(C(=O)CC4(c5nc(C)no5)CC4)c3)cc12. The highest BCUT2D eigenvalue weighted by Crippen LogP contribution is 2.51. The molecule has 1 saturated carbocycles. The number of Topliss-reactive ketones (excluding diaryl/α,β-unsaturated/α-hetero) is 1. The number of nitrogens with zero attached hydrogens (tertiary/aromatic N) is 3.